The smallest absolute Gasteiger partial charge is 0.184 e. The summed E-state index contributed by atoms with van der Waals surface area (Å²) in [6.07, 6.45) is 0.500. The van der Waals surface area contributed by atoms with Crippen LogP contribution >= 0.6 is 0 Å². The number of nitrogens with one attached hydrogen (secondary N) is 1. The van der Waals surface area contributed by atoms with Crippen LogP contribution in [0.25, 0.3) is 0 Å². The van der Waals surface area contributed by atoms with Crippen LogP contribution in [-0.4, -0.2) is 31.1 Å². The van der Waals surface area contributed by atoms with Gasteiger partial charge in [0.2, 0.25) is 0 Å². The van der Waals surface area contributed by atoms with Gasteiger partial charge in [-0.1, -0.05) is 0 Å². The van der Waals surface area contributed by atoms with E-state index in [2.05, 4.69) is 0 Å². The lowest BCUT2D eigenvalue weighted by Crippen LogP contribution is -2.21. The highest BCUT2D eigenvalue weighted by atomic mass is 16.1. The van der Waals surface area contributed by atoms with Crippen molar-refractivity contribution in [3.8, 4) is 0 Å². The molecule has 0 fully saturated rings. The van der Waals surface area contributed by atoms with Crippen LogP contribution in [0.3, 0.4) is 0 Å². The molecule has 0 saturated carbocycles. The van der Waals surface area contributed by atoms with Crippen LogP contribution in [0.15, 0.2) is 0 Å². The Kier molecular flexibility index (Phi) is 2.05. The predicted octanol–water partition coefficient (Wildman–Crippen LogP) is -0.276. The fourth-order valence-electron chi connectivity index (χ4n) is 0.105. The highest BCUT2D eigenvalue weighted by Gasteiger charge is 1.90. The van der Waals surface area contributed by atoms with Crippen molar-refractivity contribution in [3.63, 3.8) is 0 Å². The zero-order chi connectivity index (χ0) is 5.86. The number of nitrogens with zero attached hydrogens (tertiary/aromatic N) is 1. The molecule has 40 valence electrons. The molecule has 0 aromatic heterocycles. The van der Waals surface area contributed by atoms with E-state index in [1.165, 1.54) is 4.90 Å². The summed E-state index contributed by atoms with van der Waals surface area (Å²) < 4.78 is 0. The summed E-state index contributed by atoms with van der Waals surface area (Å²) in [6, 6.07) is 0. The van der Waals surface area contributed by atoms with Gasteiger partial charge < -0.3 is 4.90 Å². The van der Waals surface area contributed by atoms with Gasteiger partial charge in [0.15, 0.2) is 12.1 Å². The average Bonchev–Trinajstić information content (AvgIpc) is 1.65. The van der Waals surface area contributed by atoms with E-state index in [0.29, 0.717) is 6.29 Å². The van der Waals surface area contributed by atoms with E-state index < -0.39 is 0 Å². The van der Waals surface area contributed by atoms with Crippen LogP contribution in [-0.2, 0) is 4.79 Å². The topological polar surface area (TPSA) is 44.2 Å². The molecule has 0 aliphatic rings. The molecule has 0 spiro atoms. The zero-order valence-electron chi connectivity index (χ0n) is 4.43. The minimum absolute atomic E-state index is 0.000000000000000222. The van der Waals surface area contributed by atoms with Gasteiger partial charge in [0.25, 0.3) is 0 Å². The molecule has 7 heavy (non-hydrogen) atoms. The summed E-state index contributed by atoms with van der Waals surface area (Å²) in [6.45, 7) is 0. The van der Waals surface area contributed by atoms with Crippen molar-refractivity contribution in [2.24, 2.45) is 0 Å². The second-order valence-electron chi connectivity index (χ2n) is 1.40. The highest BCUT2D eigenvalue weighted by Crippen LogP contribution is 1.69. The summed E-state index contributed by atoms with van der Waals surface area (Å²) in [5.41, 5.74) is 0. The first-order valence-electron chi connectivity index (χ1n) is 1.89. The van der Waals surface area contributed by atoms with Crippen molar-refractivity contribution in [1.82, 2.24) is 4.90 Å². The van der Waals surface area contributed by atoms with Gasteiger partial charge in [-0.05, 0) is 0 Å². The molecular weight excluding hydrogens is 92.1 g/mol. The van der Waals surface area contributed by atoms with Gasteiger partial charge in [-0.15, -0.1) is 0 Å². The Morgan fingerprint density at radius 2 is 2.14 bits per heavy atom. The lowest BCUT2D eigenvalue weighted by Gasteiger charge is -2.04. The van der Waals surface area contributed by atoms with E-state index in [1.54, 1.807) is 14.1 Å². The molecule has 0 aliphatic carbocycles. The molecule has 3 nitrogen and oxygen atoms in total. The third-order valence-corrected chi connectivity index (χ3v) is 0.593. The highest BCUT2D eigenvalue weighted by molar-refractivity contribution is 6.24. The Morgan fingerprint density at radius 3 is 2.14 bits per heavy atom. The molecule has 0 unspecified atom stereocenters. The first-order chi connectivity index (χ1) is 3.18. The van der Waals surface area contributed by atoms with Crippen molar-refractivity contribution in [2.75, 3.05) is 14.1 Å². The normalized spacial score (nSPS) is 7.71. The number of hydrogen-bond donors (Lipinski definition) is 1. The maximum atomic E-state index is 9.68. The quantitative estimate of drug-likeness (QED) is 0.280. The molecule has 0 saturated heterocycles. The van der Waals surface area contributed by atoms with E-state index in [-0.39, 0.29) is 5.84 Å². The van der Waals surface area contributed by atoms with Gasteiger partial charge in [-0.25, -0.2) is 0 Å². The summed E-state index contributed by atoms with van der Waals surface area (Å²) in [7, 11) is 3.30. The third-order valence-electron chi connectivity index (χ3n) is 0.593. The molecule has 0 radical (unpaired) electrons. The van der Waals surface area contributed by atoms with Crippen LogP contribution in [0.4, 0.5) is 0 Å². The number of carbonyl (C=O) groups is 1. The van der Waals surface area contributed by atoms with Gasteiger partial charge in [0.05, 0.1) is 0 Å². The minimum atomic E-state index is 0.000000000000000222. The van der Waals surface area contributed by atoms with Gasteiger partial charge in [-0.3, -0.25) is 10.2 Å². The van der Waals surface area contributed by atoms with Gasteiger partial charge in [-0.2, -0.15) is 0 Å². The Bertz CT molecular complexity index is 87.7. The molecule has 0 aromatic rings. The molecule has 0 aromatic carbocycles. The summed E-state index contributed by atoms with van der Waals surface area (Å²) in [4.78, 5) is 11.1. The monoisotopic (exact) mass is 100 g/mol. The standard InChI is InChI=1S/C4H8N2O/c1-6(2)4(5)3-7/h3,5H,1-2H3. The first-order valence-corrected chi connectivity index (χ1v) is 1.89. The summed E-state index contributed by atoms with van der Waals surface area (Å²) in [5, 5.41) is 6.75. The number of carbonyl (C=O) groups excluding carboxylic acids is 1. The van der Waals surface area contributed by atoms with Crippen LogP contribution in [0.1, 0.15) is 0 Å². The minimum Gasteiger partial charge on any atom is -0.361 e. The lowest BCUT2D eigenvalue weighted by molar-refractivity contribution is -0.103. The van der Waals surface area contributed by atoms with Crippen molar-refractivity contribution in [2.45, 2.75) is 0 Å². The fraction of sp³-hybridized carbons (Fsp3) is 0.500. The Balaban J connectivity index is 3.56. The lowest BCUT2D eigenvalue weighted by atomic mass is 10.6. The van der Waals surface area contributed by atoms with E-state index in [9.17, 15) is 4.79 Å². The summed E-state index contributed by atoms with van der Waals surface area (Å²) >= 11 is 0. The van der Waals surface area contributed by atoms with E-state index in [1.807, 2.05) is 0 Å². The molecule has 0 bridgehead atoms. The number of aldehydes is 1. The molecule has 0 amide bonds. The molecule has 0 atom stereocenters. The number of hydrogen-bond acceptors (Lipinski definition) is 2. The Labute approximate surface area is 42.4 Å². The zero-order valence-corrected chi connectivity index (χ0v) is 4.43. The molecule has 1 N–H and O–H groups in total. The average molecular weight is 100 g/mol. The van der Waals surface area contributed by atoms with Crippen molar-refractivity contribution < 1.29 is 4.79 Å². The molecule has 0 heterocycles. The fourth-order valence-corrected chi connectivity index (χ4v) is 0.105. The number of likely N-dealkylation sites (N-methyl/N-ethyl adjacent to an activating group) is 1. The number of rotatable bonds is 1. The Morgan fingerprint density at radius 1 is 1.71 bits per heavy atom. The van der Waals surface area contributed by atoms with E-state index >= 15 is 0 Å². The first kappa shape index (κ1) is 6.14. The molecular formula is C4H8N2O. The van der Waals surface area contributed by atoms with Gasteiger partial charge >= 0.3 is 0 Å². The Hall–Kier alpha value is -0.860. The predicted molar refractivity (Wildman–Crippen MR) is 27.5 cm³/mol. The second kappa shape index (κ2) is 2.34. The van der Waals surface area contributed by atoms with Gasteiger partial charge in [0.1, 0.15) is 0 Å². The van der Waals surface area contributed by atoms with Gasteiger partial charge in [0, 0.05) is 14.1 Å². The molecule has 0 aliphatic heterocycles. The van der Waals surface area contributed by atoms with Crippen LogP contribution in [0.5, 0.6) is 0 Å². The van der Waals surface area contributed by atoms with Crippen molar-refractivity contribution in [1.29, 1.82) is 5.41 Å². The van der Waals surface area contributed by atoms with E-state index in [0.717, 1.165) is 0 Å². The molecule has 0 rings (SSSR count). The largest absolute Gasteiger partial charge is 0.361 e. The maximum absolute atomic E-state index is 9.68. The maximum Gasteiger partial charge on any atom is 0.184 e. The SMILES string of the molecule is CN(C)C(=N)C=O. The summed E-state index contributed by atoms with van der Waals surface area (Å²) in [5.74, 6) is 0.000000000000000222. The van der Waals surface area contributed by atoms with Crippen LogP contribution in [0, 0.1) is 5.41 Å². The van der Waals surface area contributed by atoms with Crippen LogP contribution in [0.2, 0.25) is 0 Å². The van der Waals surface area contributed by atoms with Crippen molar-refractivity contribution >= 4 is 12.1 Å². The third kappa shape index (κ3) is 1.92. The molecule has 3 heteroatoms. The second-order valence-corrected chi connectivity index (χ2v) is 1.40. The van der Waals surface area contributed by atoms with Crippen molar-refractivity contribution in [3.05, 3.63) is 0 Å². The van der Waals surface area contributed by atoms with E-state index in [4.69, 9.17) is 5.41 Å². The number of amidine groups is 1. The van der Waals surface area contributed by atoms with Crippen LogP contribution < -0.4 is 0 Å².